The molecule has 4 heteroatoms. The van der Waals surface area contributed by atoms with Gasteiger partial charge in [-0.3, -0.25) is 4.79 Å². The van der Waals surface area contributed by atoms with E-state index in [0.29, 0.717) is 37.1 Å². The van der Waals surface area contributed by atoms with Crippen LogP contribution < -0.4 is 0 Å². The van der Waals surface area contributed by atoms with Crippen molar-refractivity contribution in [2.45, 2.75) is 51.0 Å². The standard InChI is InChI=1S/C22H23F2NO/c1-2-15-3-5-16(6-4-15)14-25-12-9-17-13-18(7-8-19(17)20(25)26)22(10-11-22)21(23)24/h3-8,13,21H,2,9-12,14H2,1H3. The van der Waals surface area contributed by atoms with Crippen molar-refractivity contribution in [3.05, 3.63) is 70.3 Å². The number of carbonyl (C=O) groups excluding carboxylic acids is 1. The maximum atomic E-state index is 13.4. The summed E-state index contributed by atoms with van der Waals surface area (Å²) in [7, 11) is 0. The summed E-state index contributed by atoms with van der Waals surface area (Å²) in [5, 5.41) is 0. The van der Waals surface area contributed by atoms with Crippen LogP contribution in [0.4, 0.5) is 8.78 Å². The number of alkyl halides is 2. The van der Waals surface area contributed by atoms with Gasteiger partial charge < -0.3 is 4.90 Å². The minimum atomic E-state index is -2.33. The zero-order valence-electron chi connectivity index (χ0n) is 15.0. The summed E-state index contributed by atoms with van der Waals surface area (Å²) in [5.74, 6) is -0.000683. The molecule has 0 N–H and O–H groups in total. The number of benzene rings is 2. The van der Waals surface area contributed by atoms with Gasteiger partial charge >= 0.3 is 0 Å². The molecule has 0 unspecified atom stereocenters. The number of rotatable bonds is 5. The molecule has 1 fully saturated rings. The van der Waals surface area contributed by atoms with E-state index in [9.17, 15) is 13.6 Å². The lowest BCUT2D eigenvalue weighted by atomic mass is 9.89. The van der Waals surface area contributed by atoms with Crippen LogP contribution in [0.25, 0.3) is 0 Å². The summed E-state index contributed by atoms with van der Waals surface area (Å²) in [6, 6.07) is 13.7. The monoisotopic (exact) mass is 355 g/mol. The molecule has 2 nitrogen and oxygen atoms in total. The third-order valence-electron chi connectivity index (χ3n) is 5.86. The Balaban J connectivity index is 1.53. The topological polar surface area (TPSA) is 20.3 Å². The van der Waals surface area contributed by atoms with Crippen LogP contribution in [0.2, 0.25) is 0 Å². The molecule has 1 aliphatic heterocycles. The fraction of sp³-hybridized carbons (Fsp3) is 0.409. The smallest absolute Gasteiger partial charge is 0.254 e. The van der Waals surface area contributed by atoms with E-state index in [0.717, 1.165) is 24.0 Å². The van der Waals surface area contributed by atoms with Crippen molar-refractivity contribution in [3.63, 3.8) is 0 Å². The molecule has 2 aromatic carbocycles. The summed E-state index contributed by atoms with van der Waals surface area (Å²) in [4.78, 5) is 14.7. The van der Waals surface area contributed by atoms with E-state index in [-0.39, 0.29) is 5.91 Å². The molecule has 136 valence electrons. The van der Waals surface area contributed by atoms with Crippen molar-refractivity contribution < 1.29 is 13.6 Å². The third kappa shape index (κ3) is 2.91. The number of aryl methyl sites for hydroxylation is 1. The summed E-state index contributed by atoms with van der Waals surface area (Å²) in [5.41, 5.74) is 3.71. The fourth-order valence-corrected chi connectivity index (χ4v) is 3.87. The fourth-order valence-electron chi connectivity index (χ4n) is 3.87. The highest BCUT2D eigenvalue weighted by molar-refractivity contribution is 5.96. The van der Waals surface area contributed by atoms with E-state index in [1.807, 2.05) is 11.0 Å². The van der Waals surface area contributed by atoms with Crippen molar-refractivity contribution in [3.8, 4) is 0 Å². The lowest BCUT2D eigenvalue weighted by Crippen LogP contribution is -2.37. The van der Waals surface area contributed by atoms with Crippen LogP contribution in [-0.4, -0.2) is 23.8 Å². The predicted octanol–water partition coefficient (Wildman–Crippen LogP) is 4.74. The molecule has 0 saturated heterocycles. The molecule has 0 aromatic heterocycles. The summed E-state index contributed by atoms with van der Waals surface area (Å²) >= 11 is 0. The SMILES string of the molecule is CCc1ccc(CN2CCc3cc(C4(C(F)F)CC4)ccc3C2=O)cc1. The van der Waals surface area contributed by atoms with Crippen molar-refractivity contribution >= 4 is 5.91 Å². The van der Waals surface area contributed by atoms with Gasteiger partial charge in [0.25, 0.3) is 5.91 Å². The molecule has 2 aliphatic rings. The van der Waals surface area contributed by atoms with Crippen molar-refractivity contribution in [1.82, 2.24) is 4.90 Å². The molecular weight excluding hydrogens is 332 g/mol. The van der Waals surface area contributed by atoms with Gasteiger partial charge in [0.15, 0.2) is 0 Å². The second-order valence-electron chi connectivity index (χ2n) is 7.48. The highest BCUT2D eigenvalue weighted by Gasteiger charge is 2.52. The second-order valence-corrected chi connectivity index (χ2v) is 7.48. The van der Waals surface area contributed by atoms with Gasteiger partial charge in [-0.25, -0.2) is 8.78 Å². The first kappa shape index (κ1) is 17.2. The average Bonchev–Trinajstić information content (AvgIpc) is 3.46. The average molecular weight is 355 g/mol. The van der Waals surface area contributed by atoms with Gasteiger partial charge in [0.05, 0.1) is 5.41 Å². The van der Waals surface area contributed by atoms with Crippen molar-refractivity contribution in [1.29, 1.82) is 0 Å². The summed E-state index contributed by atoms with van der Waals surface area (Å²) < 4.78 is 26.7. The number of hydrogen-bond donors (Lipinski definition) is 0. The minimum absolute atomic E-state index is 0.000683. The first-order valence-corrected chi connectivity index (χ1v) is 9.32. The van der Waals surface area contributed by atoms with Crippen molar-refractivity contribution in [2.75, 3.05) is 6.54 Å². The number of hydrogen-bond acceptors (Lipinski definition) is 1. The Labute approximate surface area is 152 Å². The molecule has 0 spiro atoms. The van der Waals surface area contributed by atoms with Gasteiger partial charge in [-0.1, -0.05) is 43.3 Å². The largest absolute Gasteiger partial charge is 0.334 e. The first-order chi connectivity index (χ1) is 12.5. The Morgan fingerprint density at radius 1 is 1.08 bits per heavy atom. The van der Waals surface area contributed by atoms with E-state index >= 15 is 0 Å². The number of fused-ring (bicyclic) bond motifs is 1. The quantitative estimate of drug-likeness (QED) is 0.758. The van der Waals surface area contributed by atoms with E-state index in [4.69, 9.17) is 0 Å². The van der Waals surface area contributed by atoms with Crippen LogP contribution in [0, 0.1) is 0 Å². The van der Waals surface area contributed by atoms with Gasteiger partial charge in [-0.15, -0.1) is 0 Å². The first-order valence-electron chi connectivity index (χ1n) is 9.32. The normalized spacial score (nSPS) is 18.2. The molecule has 26 heavy (non-hydrogen) atoms. The Hall–Kier alpha value is -2.23. The molecule has 1 amide bonds. The molecule has 0 bridgehead atoms. The van der Waals surface area contributed by atoms with E-state index in [2.05, 4.69) is 31.2 Å². The van der Waals surface area contributed by atoms with Crippen LogP contribution in [0.5, 0.6) is 0 Å². The van der Waals surface area contributed by atoms with Gasteiger partial charge in [-0.05, 0) is 54.0 Å². The van der Waals surface area contributed by atoms with Crippen molar-refractivity contribution in [2.24, 2.45) is 0 Å². The maximum Gasteiger partial charge on any atom is 0.254 e. The van der Waals surface area contributed by atoms with Gasteiger partial charge in [0.1, 0.15) is 0 Å². The molecule has 1 saturated carbocycles. The van der Waals surface area contributed by atoms with E-state index in [1.54, 1.807) is 12.1 Å². The summed E-state index contributed by atoms with van der Waals surface area (Å²) in [6.45, 7) is 3.34. The highest BCUT2D eigenvalue weighted by Crippen LogP contribution is 2.53. The van der Waals surface area contributed by atoms with Crippen LogP contribution in [-0.2, 0) is 24.8 Å². The zero-order chi connectivity index (χ0) is 18.3. The Morgan fingerprint density at radius 3 is 2.38 bits per heavy atom. The van der Waals surface area contributed by atoms with E-state index < -0.39 is 11.8 Å². The maximum absolute atomic E-state index is 13.4. The van der Waals surface area contributed by atoms with Crippen LogP contribution in [0.1, 0.15) is 52.4 Å². The molecule has 1 heterocycles. The van der Waals surface area contributed by atoms with Crippen LogP contribution >= 0.6 is 0 Å². The predicted molar refractivity (Wildman–Crippen MR) is 97.6 cm³/mol. The van der Waals surface area contributed by atoms with Crippen LogP contribution in [0.3, 0.4) is 0 Å². The second kappa shape index (κ2) is 6.49. The number of amides is 1. The number of halogens is 2. The highest BCUT2D eigenvalue weighted by atomic mass is 19.3. The van der Waals surface area contributed by atoms with Gasteiger partial charge in [0, 0.05) is 18.7 Å². The molecular formula is C22H23F2NO. The van der Waals surface area contributed by atoms with Crippen LogP contribution in [0.15, 0.2) is 42.5 Å². The molecule has 0 atom stereocenters. The molecule has 0 radical (unpaired) electrons. The molecule has 1 aliphatic carbocycles. The van der Waals surface area contributed by atoms with Gasteiger partial charge in [-0.2, -0.15) is 0 Å². The molecule has 2 aromatic rings. The zero-order valence-corrected chi connectivity index (χ0v) is 15.0. The number of nitrogens with zero attached hydrogens (tertiary/aromatic N) is 1. The Kier molecular flexibility index (Phi) is 4.29. The van der Waals surface area contributed by atoms with E-state index in [1.165, 1.54) is 5.56 Å². The minimum Gasteiger partial charge on any atom is -0.334 e. The van der Waals surface area contributed by atoms with Gasteiger partial charge in [0.2, 0.25) is 6.43 Å². The number of carbonyl (C=O) groups is 1. The molecule has 4 rings (SSSR count). The lowest BCUT2D eigenvalue weighted by Gasteiger charge is -2.29. The third-order valence-corrected chi connectivity index (χ3v) is 5.86. The summed E-state index contributed by atoms with van der Waals surface area (Å²) in [6.07, 6.45) is 0.469. The Morgan fingerprint density at radius 2 is 1.77 bits per heavy atom. The Bertz CT molecular complexity index is 825. The lowest BCUT2D eigenvalue weighted by molar-refractivity contribution is 0.0727.